The van der Waals surface area contributed by atoms with E-state index in [2.05, 4.69) is 41.5 Å². The van der Waals surface area contributed by atoms with Gasteiger partial charge < -0.3 is 9.47 Å². The zero-order valence-electron chi connectivity index (χ0n) is 20.5. The molecule has 4 aliphatic rings. The Kier molecular flexibility index (Phi) is 4.69. The maximum atomic E-state index is 13.3. The molecule has 0 heterocycles. The largest absolute Gasteiger partial charge is 0.458 e. The second-order valence-corrected chi connectivity index (χ2v) is 12.6. The van der Waals surface area contributed by atoms with Crippen molar-refractivity contribution in [2.24, 2.45) is 33.5 Å². The van der Waals surface area contributed by atoms with Crippen LogP contribution in [-0.2, 0) is 9.47 Å². The van der Waals surface area contributed by atoms with Crippen molar-refractivity contribution in [2.45, 2.75) is 92.3 Å². The highest BCUT2D eigenvalue weighted by molar-refractivity contribution is 6.03. The van der Waals surface area contributed by atoms with Gasteiger partial charge >= 0.3 is 11.9 Å². The SMILES string of the molecule is CC1(C)[C@@H]2CC[C@]1(C)[C@@H](OC(=O)c1ccccc1C(=O)O[C@H]1C[C@H]3CC[C@@]1(C)C3(C)C)C2. The van der Waals surface area contributed by atoms with E-state index in [0.717, 1.165) is 25.7 Å². The van der Waals surface area contributed by atoms with E-state index in [1.807, 2.05) is 0 Å². The fraction of sp³-hybridized carbons (Fsp3) is 0.714. The van der Waals surface area contributed by atoms with Gasteiger partial charge in [-0.1, -0.05) is 53.7 Å². The third kappa shape index (κ3) is 2.73. The smallest absolute Gasteiger partial charge is 0.339 e. The molecule has 0 saturated heterocycles. The van der Waals surface area contributed by atoms with Crippen LogP contribution in [0.3, 0.4) is 0 Å². The van der Waals surface area contributed by atoms with Crippen LogP contribution >= 0.6 is 0 Å². The average Bonchev–Trinajstić information content (AvgIpc) is 3.25. The monoisotopic (exact) mass is 438 g/mol. The van der Waals surface area contributed by atoms with Gasteiger partial charge in [-0.2, -0.15) is 0 Å². The average molecular weight is 439 g/mol. The maximum absolute atomic E-state index is 13.3. The van der Waals surface area contributed by atoms with Crippen molar-refractivity contribution in [3.63, 3.8) is 0 Å². The van der Waals surface area contributed by atoms with Crippen LogP contribution in [0.5, 0.6) is 0 Å². The maximum Gasteiger partial charge on any atom is 0.339 e. The van der Waals surface area contributed by atoms with Crippen LogP contribution in [0.4, 0.5) is 0 Å². The number of fused-ring (bicyclic) bond motifs is 4. The highest BCUT2D eigenvalue weighted by Gasteiger charge is 2.64. The lowest BCUT2D eigenvalue weighted by molar-refractivity contribution is -0.0275. The fourth-order valence-corrected chi connectivity index (χ4v) is 7.84. The molecule has 1 aromatic rings. The predicted molar refractivity (Wildman–Crippen MR) is 123 cm³/mol. The van der Waals surface area contributed by atoms with Crippen molar-refractivity contribution in [2.75, 3.05) is 0 Å². The van der Waals surface area contributed by atoms with Gasteiger partial charge in [0.1, 0.15) is 12.2 Å². The van der Waals surface area contributed by atoms with Crippen LogP contribution in [0.2, 0.25) is 0 Å². The normalized spacial score (nSPS) is 40.4. The summed E-state index contributed by atoms with van der Waals surface area (Å²) in [5.41, 5.74) is 0.974. The van der Waals surface area contributed by atoms with Gasteiger partial charge in [-0.05, 0) is 73.3 Å². The van der Waals surface area contributed by atoms with E-state index in [-0.39, 0.29) is 33.9 Å². The van der Waals surface area contributed by atoms with E-state index in [1.165, 1.54) is 12.8 Å². The number of esters is 2. The molecule has 4 aliphatic carbocycles. The number of carbonyl (C=O) groups is 2. The lowest BCUT2D eigenvalue weighted by Gasteiger charge is -2.38. The number of benzene rings is 1. The van der Waals surface area contributed by atoms with Crippen LogP contribution in [0.1, 0.15) is 101 Å². The molecule has 0 spiro atoms. The first-order valence-electron chi connectivity index (χ1n) is 12.4. The summed E-state index contributed by atoms with van der Waals surface area (Å²) >= 11 is 0. The highest BCUT2D eigenvalue weighted by atomic mass is 16.6. The summed E-state index contributed by atoms with van der Waals surface area (Å²) in [6.07, 6.45) is 6.22. The predicted octanol–water partition coefficient (Wildman–Crippen LogP) is 6.43. The molecule has 5 rings (SSSR count). The molecule has 4 heteroatoms. The molecular weight excluding hydrogens is 400 g/mol. The Labute approximate surface area is 192 Å². The first kappa shape index (κ1) is 22.0. The molecule has 4 fully saturated rings. The number of hydrogen-bond acceptors (Lipinski definition) is 4. The van der Waals surface area contributed by atoms with E-state index in [1.54, 1.807) is 24.3 Å². The van der Waals surface area contributed by atoms with Gasteiger partial charge in [-0.15, -0.1) is 0 Å². The molecule has 174 valence electrons. The molecular formula is C28H38O4. The topological polar surface area (TPSA) is 52.6 Å². The Balaban J connectivity index is 1.34. The van der Waals surface area contributed by atoms with Crippen molar-refractivity contribution in [3.8, 4) is 0 Å². The minimum atomic E-state index is -0.397. The third-order valence-electron chi connectivity index (χ3n) is 11.3. The Morgan fingerprint density at radius 2 is 1.09 bits per heavy atom. The quantitative estimate of drug-likeness (QED) is 0.508. The van der Waals surface area contributed by atoms with Crippen LogP contribution < -0.4 is 0 Å². The van der Waals surface area contributed by atoms with E-state index in [9.17, 15) is 9.59 Å². The zero-order chi connectivity index (χ0) is 23.1. The number of ether oxygens (including phenoxy) is 2. The summed E-state index contributed by atoms with van der Waals surface area (Å²) < 4.78 is 12.2. The molecule has 32 heavy (non-hydrogen) atoms. The van der Waals surface area contributed by atoms with Crippen LogP contribution in [0.15, 0.2) is 24.3 Å². The van der Waals surface area contributed by atoms with E-state index in [0.29, 0.717) is 23.0 Å². The molecule has 0 unspecified atom stereocenters. The van der Waals surface area contributed by atoms with Gasteiger partial charge in [0, 0.05) is 10.8 Å². The minimum absolute atomic E-state index is 0.00790. The first-order valence-corrected chi connectivity index (χ1v) is 12.4. The molecule has 0 N–H and O–H groups in total. The molecule has 6 atom stereocenters. The van der Waals surface area contributed by atoms with Crippen LogP contribution in [0.25, 0.3) is 0 Å². The van der Waals surface area contributed by atoms with Crippen molar-refractivity contribution >= 4 is 11.9 Å². The molecule has 0 amide bonds. The van der Waals surface area contributed by atoms with Crippen molar-refractivity contribution in [1.82, 2.24) is 0 Å². The standard InChI is InChI=1S/C28H38O4/c1-25(2)17-11-13-27(25,5)21(15-17)31-23(29)19-9-7-8-10-20(19)24(30)32-22-16-18-12-14-28(22,6)26(18,3)4/h7-10,17-18,21-22H,11-16H2,1-6H3/t17-,18-,21+,22+,27-,28-/m1/s1. The minimum Gasteiger partial charge on any atom is -0.458 e. The number of rotatable bonds is 4. The first-order chi connectivity index (χ1) is 14.9. The Morgan fingerprint density at radius 1 is 0.719 bits per heavy atom. The molecule has 4 saturated carbocycles. The molecule has 4 nitrogen and oxygen atoms in total. The van der Waals surface area contributed by atoms with Gasteiger partial charge in [0.15, 0.2) is 0 Å². The lowest BCUT2D eigenvalue weighted by Crippen LogP contribution is -2.39. The molecule has 0 radical (unpaired) electrons. The summed E-state index contributed by atoms with van der Waals surface area (Å²) in [4.78, 5) is 26.5. The summed E-state index contributed by atoms with van der Waals surface area (Å²) in [5.74, 6) is 0.387. The number of hydrogen-bond donors (Lipinski definition) is 0. The Bertz CT molecular complexity index is 885. The zero-order valence-corrected chi connectivity index (χ0v) is 20.5. The molecule has 0 aromatic heterocycles. The molecule has 0 aliphatic heterocycles. The highest BCUT2D eigenvalue weighted by Crippen LogP contribution is 2.67. The Morgan fingerprint density at radius 3 is 1.38 bits per heavy atom. The van der Waals surface area contributed by atoms with E-state index >= 15 is 0 Å². The van der Waals surface area contributed by atoms with Crippen molar-refractivity contribution in [3.05, 3.63) is 35.4 Å². The summed E-state index contributed by atoms with van der Waals surface area (Å²) in [5, 5.41) is 0. The Hall–Kier alpha value is -1.84. The van der Waals surface area contributed by atoms with Crippen molar-refractivity contribution < 1.29 is 19.1 Å². The molecule has 1 aromatic carbocycles. The number of carbonyl (C=O) groups excluding carboxylic acids is 2. The van der Waals surface area contributed by atoms with Gasteiger partial charge in [0.25, 0.3) is 0 Å². The second kappa shape index (κ2) is 6.84. The molecule has 4 bridgehead atoms. The van der Waals surface area contributed by atoms with Crippen LogP contribution in [-0.4, -0.2) is 24.1 Å². The van der Waals surface area contributed by atoms with Crippen molar-refractivity contribution in [1.29, 1.82) is 0 Å². The van der Waals surface area contributed by atoms with Gasteiger partial charge in [0.05, 0.1) is 11.1 Å². The summed E-state index contributed by atoms with van der Waals surface area (Å²) in [6.45, 7) is 13.7. The van der Waals surface area contributed by atoms with E-state index < -0.39 is 11.9 Å². The van der Waals surface area contributed by atoms with Crippen LogP contribution in [0, 0.1) is 33.5 Å². The lowest BCUT2D eigenvalue weighted by atomic mass is 9.70. The summed E-state index contributed by atoms with van der Waals surface area (Å²) in [6, 6.07) is 6.99. The van der Waals surface area contributed by atoms with Gasteiger partial charge in [-0.3, -0.25) is 0 Å². The third-order valence-corrected chi connectivity index (χ3v) is 11.3. The van der Waals surface area contributed by atoms with Gasteiger partial charge in [0.2, 0.25) is 0 Å². The fourth-order valence-electron chi connectivity index (χ4n) is 7.84. The second-order valence-electron chi connectivity index (χ2n) is 12.6. The summed E-state index contributed by atoms with van der Waals surface area (Å²) in [7, 11) is 0. The van der Waals surface area contributed by atoms with E-state index in [4.69, 9.17) is 9.47 Å². The van der Waals surface area contributed by atoms with Gasteiger partial charge in [-0.25, -0.2) is 9.59 Å².